The van der Waals surface area contributed by atoms with Crippen molar-refractivity contribution >= 4 is 5.91 Å². The highest BCUT2D eigenvalue weighted by atomic mass is 16.6. The molecule has 2 unspecified atom stereocenters. The number of rotatable bonds is 5. The van der Waals surface area contributed by atoms with E-state index in [1.807, 2.05) is 24.3 Å². The Morgan fingerprint density at radius 3 is 2.71 bits per heavy atom. The first-order valence-electron chi connectivity index (χ1n) is 7.36. The van der Waals surface area contributed by atoms with Crippen LogP contribution in [0.5, 0.6) is 11.5 Å². The summed E-state index contributed by atoms with van der Waals surface area (Å²) in [5, 5.41) is 0. The van der Waals surface area contributed by atoms with Gasteiger partial charge in [-0.05, 0) is 24.5 Å². The molecule has 1 amide bonds. The van der Waals surface area contributed by atoms with Gasteiger partial charge in [-0.1, -0.05) is 26.0 Å². The number of amides is 1. The van der Waals surface area contributed by atoms with Crippen molar-refractivity contribution in [2.75, 3.05) is 20.2 Å². The zero-order chi connectivity index (χ0) is 15.4. The number of ether oxygens (including phenoxy) is 2. The summed E-state index contributed by atoms with van der Waals surface area (Å²) in [6, 6.07) is 7.10. The van der Waals surface area contributed by atoms with E-state index < -0.39 is 6.04 Å². The Bertz CT molecular complexity index is 490. The molecule has 2 N–H and O–H groups in total. The van der Waals surface area contributed by atoms with Crippen molar-refractivity contribution in [3.05, 3.63) is 24.3 Å². The van der Waals surface area contributed by atoms with Crippen LogP contribution in [0, 0.1) is 5.92 Å². The quantitative estimate of drug-likeness (QED) is 0.896. The Kier molecular flexibility index (Phi) is 5.07. The number of hydrogen-bond donors (Lipinski definition) is 1. The molecule has 5 nitrogen and oxygen atoms in total. The van der Waals surface area contributed by atoms with E-state index in [2.05, 4.69) is 13.8 Å². The van der Waals surface area contributed by atoms with Crippen LogP contribution < -0.4 is 15.2 Å². The van der Waals surface area contributed by atoms with Crippen LogP contribution in [-0.4, -0.2) is 43.2 Å². The van der Waals surface area contributed by atoms with E-state index in [9.17, 15) is 4.79 Å². The van der Waals surface area contributed by atoms with Crippen molar-refractivity contribution in [3.8, 4) is 11.5 Å². The van der Waals surface area contributed by atoms with E-state index >= 15 is 0 Å². The van der Waals surface area contributed by atoms with E-state index in [1.54, 1.807) is 11.9 Å². The highest BCUT2D eigenvalue weighted by molar-refractivity contribution is 5.81. The smallest absolute Gasteiger partial charge is 0.239 e. The lowest BCUT2D eigenvalue weighted by Crippen LogP contribution is -2.47. The van der Waals surface area contributed by atoms with Gasteiger partial charge in [0.2, 0.25) is 5.91 Å². The van der Waals surface area contributed by atoms with Crippen LogP contribution in [0.1, 0.15) is 20.3 Å². The Labute approximate surface area is 126 Å². The normalized spacial score (nSPS) is 18.4. The van der Waals surface area contributed by atoms with Crippen LogP contribution in [0.25, 0.3) is 0 Å². The number of fused-ring (bicyclic) bond motifs is 1. The number of carbonyl (C=O) groups is 1. The summed E-state index contributed by atoms with van der Waals surface area (Å²) in [7, 11) is 1.76. The number of para-hydroxylation sites is 2. The predicted molar refractivity (Wildman–Crippen MR) is 81.4 cm³/mol. The molecule has 0 bridgehead atoms. The van der Waals surface area contributed by atoms with E-state index in [1.165, 1.54) is 0 Å². The first-order valence-corrected chi connectivity index (χ1v) is 7.36. The lowest BCUT2D eigenvalue weighted by molar-refractivity contribution is -0.133. The SMILES string of the molecule is CC(C)CC(N)C(=O)N(C)CC1COc2ccccc2O1. The van der Waals surface area contributed by atoms with Crippen molar-refractivity contribution in [1.82, 2.24) is 4.90 Å². The van der Waals surface area contributed by atoms with Gasteiger partial charge < -0.3 is 20.1 Å². The van der Waals surface area contributed by atoms with Crippen LogP contribution in [0.4, 0.5) is 0 Å². The third-order valence-corrected chi connectivity index (χ3v) is 3.46. The third kappa shape index (κ3) is 4.11. The van der Waals surface area contributed by atoms with Crippen LogP contribution in [0.2, 0.25) is 0 Å². The molecule has 0 aliphatic carbocycles. The maximum atomic E-state index is 12.2. The Hall–Kier alpha value is -1.75. The predicted octanol–water partition coefficient (Wildman–Crippen LogP) is 1.66. The molecule has 0 spiro atoms. The summed E-state index contributed by atoms with van der Waals surface area (Å²) < 4.78 is 11.5. The maximum absolute atomic E-state index is 12.2. The molecular formula is C16H24N2O3. The van der Waals surface area contributed by atoms with Crippen molar-refractivity contribution in [2.45, 2.75) is 32.4 Å². The number of benzene rings is 1. The van der Waals surface area contributed by atoms with Crippen LogP contribution in [-0.2, 0) is 4.79 Å². The Balaban J connectivity index is 1.89. The lowest BCUT2D eigenvalue weighted by Gasteiger charge is -2.30. The Morgan fingerprint density at radius 1 is 1.38 bits per heavy atom. The van der Waals surface area contributed by atoms with Gasteiger partial charge >= 0.3 is 0 Å². The molecule has 1 aromatic rings. The van der Waals surface area contributed by atoms with Crippen molar-refractivity contribution in [1.29, 1.82) is 0 Å². The molecule has 5 heteroatoms. The zero-order valence-corrected chi connectivity index (χ0v) is 12.9. The average Bonchev–Trinajstić information content (AvgIpc) is 2.45. The summed E-state index contributed by atoms with van der Waals surface area (Å²) in [5.74, 6) is 1.82. The first-order chi connectivity index (χ1) is 9.97. The number of likely N-dealkylation sites (N-methyl/N-ethyl adjacent to an activating group) is 1. The molecule has 1 aliphatic heterocycles. The van der Waals surface area contributed by atoms with Crippen molar-refractivity contribution < 1.29 is 14.3 Å². The van der Waals surface area contributed by atoms with E-state index in [0.717, 1.165) is 11.5 Å². The summed E-state index contributed by atoms with van der Waals surface area (Å²) in [6.45, 7) is 5.03. The molecule has 0 aromatic heterocycles. The van der Waals surface area contributed by atoms with E-state index in [4.69, 9.17) is 15.2 Å². The van der Waals surface area contributed by atoms with Gasteiger partial charge in [-0.2, -0.15) is 0 Å². The van der Waals surface area contributed by atoms with E-state index in [-0.39, 0.29) is 12.0 Å². The lowest BCUT2D eigenvalue weighted by atomic mass is 10.0. The topological polar surface area (TPSA) is 64.8 Å². The second-order valence-corrected chi connectivity index (χ2v) is 5.95. The van der Waals surface area contributed by atoms with Crippen LogP contribution in [0.3, 0.4) is 0 Å². The molecule has 1 aromatic carbocycles. The first kappa shape index (κ1) is 15.6. The average molecular weight is 292 g/mol. The van der Waals surface area contributed by atoms with Gasteiger partial charge in [0.25, 0.3) is 0 Å². The molecule has 0 radical (unpaired) electrons. The third-order valence-electron chi connectivity index (χ3n) is 3.46. The number of hydrogen-bond acceptors (Lipinski definition) is 4. The summed E-state index contributed by atoms with van der Waals surface area (Å²) in [5.41, 5.74) is 5.94. The van der Waals surface area contributed by atoms with Gasteiger partial charge in [0, 0.05) is 7.05 Å². The van der Waals surface area contributed by atoms with Gasteiger partial charge in [0.05, 0.1) is 12.6 Å². The summed E-state index contributed by atoms with van der Waals surface area (Å²) in [6.07, 6.45) is 0.522. The fourth-order valence-corrected chi connectivity index (χ4v) is 2.44. The molecule has 2 rings (SSSR count). The molecular weight excluding hydrogens is 268 g/mol. The fraction of sp³-hybridized carbons (Fsp3) is 0.562. The second-order valence-electron chi connectivity index (χ2n) is 5.95. The minimum absolute atomic E-state index is 0.0499. The highest BCUT2D eigenvalue weighted by Crippen LogP contribution is 2.30. The van der Waals surface area contributed by atoms with Gasteiger partial charge in [-0.3, -0.25) is 4.79 Å². The standard InChI is InChI=1S/C16H24N2O3/c1-11(2)8-13(17)16(19)18(3)9-12-10-20-14-6-4-5-7-15(14)21-12/h4-7,11-13H,8-10,17H2,1-3H3. The largest absolute Gasteiger partial charge is 0.486 e. The van der Waals surface area contributed by atoms with Crippen molar-refractivity contribution in [3.63, 3.8) is 0 Å². The summed E-state index contributed by atoms with van der Waals surface area (Å²) >= 11 is 0. The monoisotopic (exact) mass is 292 g/mol. The maximum Gasteiger partial charge on any atom is 0.239 e. The van der Waals surface area contributed by atoms with E-state index in [0.29, 0.717) is 25.5 Å². The van der Waals surface area contributed by atoms with Crippen molar-refractivity contribution in [2.24, 2.45) is 11.7 Å². The summed E-state index contributed by atoms with van der Waals surface area (Å²) in [4.78, 5) is 13.8. The van der Waals surface area contributed by atoms with Gasteiger partial charge in [0.15, 0.2) is 17.6 Å². The minimum atomic E-state index is -0.452. The molecule has 0 fully saturated rings. The fourth-order valence-electron chi connectivity index (χ4n) is 2.44. The van der Waals surface area contributed by atoms with Crippen LogP contribution in [0.15, 0.2) is 24.3 Å². The number of nitrogens with two attached hydrogens (primary N) is 1. The van der Waals surface area contributed by atoms with Gasteiger partial charge in [-0.15, -0.1) is 0 Å². The zero-order valence-electron chi connectivity index (χ0n) is 12.9. The highest BCUT2D eigenvalue weighted by Gasteiger charge is 2.26. The van der Waals surface area contributed by atoms with Gasteiger partial charge in [-0.25, -0.2) is 0 Å². The Morgan fingerprint density at radius 2 is 2.05 bits per heavy atom. The molecule has 1 heterocycles. The molecule has 116 valence electrons. The molecule has 21 heavy (non-hydrogen) atoms. The van der Waals surface area contributed by atoms with Crippen LogP contribution >= 0.6 is 0 Å². The van der Waals surface area contributed by atoms with Gasteiger partial charge in [0.1, 0.15) is 6.61 Å². The molecule has 0 saturated heterocycles. The molecule has 0 saturated carbocycles. The number of carbonyl (C=O) groups excluding carboxylic acids is 1. The number of nitrogens with zero attached hydrogens (tertiary/aromatic N) is 1. The minimum Gasteiger partial charge on any atom is -0.486 e. The molecule has 1 aliphatic rings. The second kappa shape index (κ2) is 6.80. The molecule has 2 atom stereocenters.